The van der Waals surface area contributed by atoms with Crippen LogP contribution in [-0.4, -0.2) is 30.0 Å². The van der Waals surface area contributed by atoms with Gasteiger partial charge in [0.15, 0.2) is 0 Å². The Morgan fingerprint density at radius 3 is 2.20 bits per heavy atom. The minimum Gasteiger partial charge on any atom is -0.481 e. The second kappa shape index (κ2) is 10.8. The van der Waals surface area contributed by atoms with Crippen LogP contribution < -0.4 is 4.31 Å². The second-order valence-corrected chi connectivity index (χ2v) is 12.1. The number of carboxylic acid groups (broad SMARTS) is 1. The number of carboxylic acids is 1. The SMILES string of the molecule is COC(C)(C)C.CSN1Cc2sc(C)cc2-c2c(C)c(-c3ccc(C)cc3)c(CC(=O)O)c(C)c21. The van der Waals surface area contributed by atoms with Gasteiger partial charge in [-0.25, -0.2) is 0 Å². The summed E-state index contributed by atoms with van der Waals surface area (Å²) in [6.45, 7) is 15.4. The van der Waals surface area contributed by atoms with E-state index in [2.05, 4.69) is 68.6 Å². The van der Waals surface area contributed by atoms with Crippen molar-refractivity contribution in [3.8, 4) is 22.3 Å². The second-order valence-electron chi connectivity index (χ2n) is 9.99. The topological polar surface area (TPSA) is 49.8 Å². The van der Waals surface area contributed by atoms with Crippen LogP contribution in [0.1, 0.15) is 52.8 Å². The normalized spacial score (nSPS) is 12.5. The van der Waals surface area contributed by atoms with Crippen LogP contribution in [0.15, 0.2) is 30.3 Å². The highest BCUT2D eigenvalue weighted by Gasteiger charge is 2.31. The average Bonchev–Trinajstić information content (AvgIpc) is 3.16. The summed E-state index contributed by atoms with van der Waals surface area (Å²) >= 11 is 3.56. The molecule has 0 atom stereocenters. The Morgan fingerprint density at radius 1 is 1.09 bits per heavy atom. The Bertz CT molecular complexity index is 1220. The lowest BCUT2D eigenvalue weighted by Crippen LogP contribution is -2.21. The molecule has 2 aromatic carbocycles. The van der Waals surface area contributed by atoms with Crippen molar-refractivity contribution in [1.82, 2.24) is 0 Å². The zero-order valence-corrected chi connectivity index (χ0v) is 24.0. The number of nitrogens with zero attached hydrogens (tertiary/aromatic N) is 1. The first-order valence-electron chi connectivity index (χ1n) is 11.8. The third kappa shape index (κ3) is 5.93. The highest BCUT2D eigenvalue weighted by Crippen LogP contribution is 2.51. The van der Waals surface area contributed by atoms with Crippen LogP contribution in [0.25, 0.3) is 22.3 Å². The highest BCUT2D eigenvalue weighted by atomic mass is 32.2. The van der Waals surface area contributed by atoms with E-state index in [1.165, 1.54) is 37.7 Å². The van der Waals surface area contributed by atoms with Gasteiger partial charge in [0.1, 0.15) is 0 Å². The number of fused-ring (bicyclic) bond motifs is 3. The van der Waals surface area contributed by atoms with Crippen LogP contribution in [0.3, 0.4) is 0 Å². The van der Waals surface area contributed by atoms with Gasteiger partial charge >= 0.3 is 5.97 Å². The van der Waals surface area contributed by atoms with Gasteiger partial charge in [-0.15, -0.1) is 11.3 Å². The van der Waals surface area contributed by atoms with Gasteiger partial charge in [0.25, 0.3) is 0 Å². The fraction of sp³-hybridized carbons (Fsp3) is 0.414. The van der Waals surface area contributed by atoms with Gasteiger partial charge in [-0.3, -0.25) is 4.79 Å². The number of thiophene rings is 1. The van der Waals surface area contributed by atoms with E-state index in [1.807, 2.05) is 32.1 Å². The Morgan fingerprint density at radius 2 is 1.69 bits per heavy atom. The molecule has 1 aliphatic heterocycles. The molecule has 1 aromatic heterocycles. The maximum atomic E-state index is 11.8. The summed E-state index contributed by atoms with van der Waals surface area (Å²) in [4.78, 5) is 14.5. The van der Waals surface area contributed by atoms with Crippen LogP contribution >= 0.6 is 23.3 Å². The van der Waals surface area contributed by atoms with Crippen LogP contribution in [-0.2, 0) is 22.5 Å². The van der Waals surface area contributed by atoms with Gasteiger partial charge < -0.3 is 14.1 Å². The predicted octanol–water partition coefficient (Wildman–Crippen LogP) is 7.97. The molecule has 0 saturated heterocycles. The zero-order chi connectivity index (χ0) is 26.1. The number of hydrogen-bond acceptors (Lipinski definition) is 5. The summed E-state index contributed by atoms with van der Waals surface area (Å²) in [6, 6.07) is 10.7. The number of aryl methyl sites for hydroxylation is 2. The van der Waals surface area contributed by atoms with Crippen molar-refractivity contribution >= 4 is 34.9 Å². The van der Waals surface area contributed by atoms with Gasteiger partial charge in [-0.1, -0.05) is 41.8 Å². The van der Waals surface area contributed by atoms with Crippen LogP contribution in [0.2, 0.25) is 0 Å². The molecule has 0 saturated carbocycles. The molecule has 6 heteroatoms. The fourth-order valence-electron chi connectivity index (χ4n) is 4.43. The first-order chi connectivity index (χ1) is 16.4. The molecule has 0 fully saturated rings. The van der Waals surface area contributed by atoms with E-state index in [1.54, 1.807) is 19.1 Å². The number of methoxy groups -OCH3 is 1. The smallest absolute Gasteiger partial charge is 0.307 e. The third-order valence-corrected chi connectivity index (χ3v) is 8.12. The number of carbonyl (C=O) groups is 1. The van der Waals surface area contributed by atoms with E-state index >= 15 is 0 Å². The molecule has 2 heterocycles. The van der Waals surface area contributed by atoms with Gasteiger partial charge in [0.05, 0.1) is 24.3 Å². The minimum atomic E-state index is -0.792. The number of anilines is 1. The molecule has 35 heavy (non-hydrogen) atoms. The molecule has 4 rings (SSSR count). The van der Waals surface area contributed by atoms with Gasteiger partial charge in [0.2, 0.25) is 0 Å². The van der Waals surface area contributed by atoms with Crippen molar-refractivity contribution in [2.24, 2.45) is 0 Å². The minimum absolute atomic E-state index is 0.0287. The van der Waals surface area contributed by atoms with E-state index in [4.69, 9.17) is 4.74 Å². The van der Waals surface area contributed by atoms with Crippen molar-refractivity contribution in [1.29, 1.82) is 0 Å². The van der Waals surface area contributed by atoms with Crippen LogP contribution in [0, 0.1) is 27.7 Å². The summed E-state index contributed by atoms with van der Waals surface area (Å²) < 4.78 is 7.26. The fourth-order valence-corrected chi connectivity index (χ4v) is 6.21. The molecule has 0 radical (unpaired) electrons. The van der Waals surface area contributed by atoms with Crippen LogP contribution in [0.4, 0.5) is 5.69 Å². The summed E-state index contributed by atoms with van der Waals surface area (Å²) in [5.41, 5.74) is 10.3. The quantitative estimate of drug-likeness (QED) is 0.360. The maximum Gasteiger partial charge on any atom is 0.307 e. The van der Waals surface area contributed by atoms with E-state index in [0.717, 1.165) is 28.8 Å². The standard InChI is InChI=1S/C24H25NO2S2.C5H12O/c1-13-6-8-17(9-7-13)22-16(4)23-19-10-14(2)29-20(19)12-25(28-5)24(23)15(3)18(22)11-21(26)27;1-5(2,3)6-4/h6-10H,11-12H2,1-5H3,(H,26,27);1-4H3. The molecule has 1 aliphatic rings. The molecule has 0 aliphatic carbocycles. The van der Waals surface area contributed by atoms with Crippen molar-refractivity contribution in [2.75, 3.05) is 17.7 Å². The summed E-state index contributed by atoms with van der Waals surface area (Å²) in [6.07, 6.45) is 2.12. The number of ether oxygens (including phenoxy) is 1. The summed E-state index contributed by atoms with van der Waals surface area (Å²) in [5.74, 6) is -0.792. The van der Waals surface area contributed by atoms with E-state index in [0.29, 0.717) is 0 Å². The van der Waals surface area contributed by atoms with Crippen molar-refractivity contribution < 1.29 is 14.6 Å². The average molecular weight is 512 g/mol. The van der Waals surface area contributed by atoms with Crippen molar-refractivity contribution in [2.45, 2.75) is 67.0 Å². The molecule has 188 valence electrons. The Kier molecular flexibility index (Phi) is 8.40. The molecule has 0 spiro atoms. The maximum absolute atomic E-state index is 11.8. The molecule has 0 unspecified atom stereocenters. The number of benzene rings is 2. The highest BCUT2D eigenvalue weighted by molar-refractivity contribution is 7.99. The molecular formula is C29H37NO3S2. The van der Waals surface area contributed by atoms with Crippen molar-refractivity contribution in [3.05, 3.63) is 62.3 Å². The first-order valence-corrected chi connectivity index (χ1v) is 13.8. The zero-order valence-electron chi connectivity index (χ0n) is 22.3. The molecular weight excluding hydrogens is 474 g/mol. The molecule has 3 aromatic rings. The molecule has 1 N–H and O–H groups in total. The number of rotatable bonds is 4. The molecule has 4 nitrogen and oxygen atoms in total. The van der Waals surface area contributed by atoms with Crippen molar-refractivity contribution in [3.63, 3.8) is 0 Å². The van der Waals surface area contributed by atoms with Gasteiger partial charge in [-0.05, 0) is 82.3 Å². The largest absolute Gasteiger partial charge is 0.481 e. The Labute approximate surface area is 218 Å². The Balaban J connectivity index is 0.000000509. The van der Waals surface area contributed by atoms with Gasteiger partial charge in [-0.2, -0.15) is 0 Å². The molecule has 0 bridgehead atoms. The first kappa shape index (κ1) is 27.3. The summed E-state index contributed by atoms with van der Waals surface area (Å²) in [7, 11) is 1.71. The number of aliphatic carboxylic acids is 1. The predicted molar refractivity (Wildman–Crippen MR) is 152 cm³/mol. The number of hydrogen-bond donors (Lipinski definition) is 1. The van der Waals surface area contributed by atoms with E-state index in [9.17, 15) is 9.90 Å². The lowest BCUT2D eigenvalue weighted by atomic mass is 9.82. The monoisotopic (exact) mass is 511 g/mol. The van der Waals surface area contributed by atoms with E-state index < -0.39 is 5.97 Å². The lowest BCUT2D eigenvalue weighted by molar-refractivity contribution is -0.136. The van der Waals surface area contributed by atoms with Crippen LogP contribution in [0.5, 0.6) is 0 Å². The lowest BCUT2D eigenvalue weighted by Gasteiger charge is -2.34. The summed E-state index contributed by atoms with van der Waals surface area (Å²) in [5, 5.41) is 9.67. The Hall–Kier alpha value is -2.28. The van der Waals surface area contributed by atoms with E-state index in [-0.39, 0.29) is 12.0 Å². The van der Waals surface area contributed by atoms with Gasteiger partial charge in [0, 0.05) is 34.2 Å². The third-order valence-electron chi connectivity index (χ3n) is 6.34. The molecule has 0 amide bonds.